The van der Waals surface area contributed by atoms with E-state index in [1.165, 1.54) is 11.1 Å². The van der Waals surface area contributed by atoms with Gasteiger partial charge in [0.05, 0.1) is 6.54 Å². The maximum absolute atomic E-state index is 5.86. The predicted molar refractivity (Wildman–Crippen MR) is 86.6 cm³/mol. The largest absolute Gasteiger partial charge is 0.370 e. The molecule has 1 aromatic rings. The third-order valence-electron chi connectivity index (χ3n) is 2.95. The van der Waals surface area contributed by atoms with E-state index in [0.29, 0.717) is 18.4 Å². The van der Waals surface area contributed by atoms with Crippen molar-refractivity contribution >= 4 is 5.96 Å². The van der Waals surface area contributed by atoms with E-state index >= 15 is 0 Å². The lowest BCUT2D eigenvalue weighted by Crippen LogP contribution is -2.32. The van der Waals surface area contributed by atoms with Gasteiger partial charge in [-0.3, -0.25) is 0 Å². The van der Waals surface area contributed by atoms with Crippen molar-refractivity contribution in [1.82, 2.24) is 10.2 Å². The molecule has 0 fully saturated rings. The molecule has 112 valence electrons. The third kappa shape index (κ3) is 7.14. The Morgan fingerprint density at radius 2 is 2.00 bits per heavy atom. The number of hydrogen-bond acceptors (Lipinski definition) is 2. The zero-order chi connectivity index (χ0) is 15.0. The summed E-state index contributed by atoms with van der Waals surface area (Å²) in [6.45, 7) is 6.85. The van der Waals surface area contributed by atoms with Crippen molar-refractivity contribution in [2.75, 3.05) is 20.6 Å². The summed E-state index contributed by atoms with van der Waals surface area (Å²) in [6.07, 6.45) is 1.11. The Balaban J connectivity index is 2.47. The van der Waals surface area contributed by atoms with E-state index < -0.39 is 0 Å². The van der Waals surface area contributed by atoms with Gasteiger partial charge >= 0.3 is 0 Å². The maximum atomic E-state index is 5.86. The molecule has 0 heterocycles. The van der Waals surface area contributed by atoms with E-state index in [4.69, 9.17) is 5.73 Å². The van der Waals surface area contributed by atoms with Gasteiger partial charge < -0.3 is 16.0 Å². The Labute approximate surface area is 123 Å². The molecule has 0 radical (unpaired) electrons. The van der Waals surface area contributed by atoms with Gasteiger partial charge in [0.1, 0.15) is 0 Å². The van der Waals surface area contributed by atoms with Crippen LogP contribution in [0.25, 0.3) is 0 Å². The fraction of sp³-hybridized carbons (Fsp3) is 0.562. The number of rotatable bonds is 7. The van der Waals surface area contributed by atoms with Crippen LogP contribution in [0, 0.1) is 5.92 Å². The monoisotopic (exact) mass is 276 g/mol. The van der Waals surface area contributed by atoms with Gasteiger partial charge in [-0.25, -0.2) is 4.99 Å². The molecule has 4 heteroatoms. The summed E-state index contributed by atoms with van der Waals surface area (Å²) in [4.78, 5) is 6.54. The lowest BCUT2D eigenvalue weighted by molar-refractivity contribution is 0.402. The normalized spacial score (nSPS) is 12.2. The third-order valence-corrected chi connectivity index (χ3v) is 2.95. The first-order valence-corrected chi connectivity index (χ1v) is 7.23. The summed E-state index contributed by atoms with van der Waals surface area (Å²) < 4.78 is 0. The van der Waals surface area contributed by atoms with Crippen LogP contribution in [0.3, 0.4) is 0 Å². The average molecular weight is 276 g/mol. The SMILES string of the molecule is CC(C)CCNC(N)=NCc1cccc(CN(C)C)c1. The number of guanidine groups is 1. The molecule has 0 saturated heterocycles. The van der Waals surface area contributed by atoms with Gasteiger partial charge in [-0.1, -0.05) is 38.1 Å². The first-order valence-electron chi connectivity index (χ1n) is 7.23. The van der Waals surface area contributed by atoms with Crippen LogP contribution < -0.4 is 11.1 Å². The Hall–Kier alpha value is -1.55. The van der Waals surface area contributed by atoms with Crippen molar-refractivity contribution in [1.29, 1.82) is 0 Å². The van der Waals surface area contributed by atoms with E-state index in [1.807, 2.05) is 0 Å². The zero-order valence-electron chi connectivity index (χ0n) is 13.2. The molecular weight excluding hydrogens is 248 g/mol. The molecule has 0 aliphatic rings. The highest BCUT2D eigenvalue weighted by Crippen LogP contribution is 2.08. The molecule has 0 aromatic heterocycles. The smallest absolute Gasteiger partial charge is 0.188 e. The molecule has 0 bridgehead atoms. The van der Waals surface area contributed by atoms with Gasteiger partial charge in [0, 0.05) is 13.1 Å². The standard InChI is InChI=1S/C16H28N4/c1-13(2)8-9-18-16(17)19-11-14-6-5-7-15(10-14)12-20(3)4/h5-7,10,13H,8-9,11-12H2,1-4H3,(H3,17,18,19). The van der Waals surface area contributed by atoms with Gasteiger partial charge in [-0.2, -0.15) is 0 Å². The minimum atomic E-state index is 0.531. The van der Waals surface area contributed by atoms with E-state index in [1.54, 1.807) is 0 Å². The number of nitrogens with one attached hydrogen (secondary N) is 1. The Morgan fingerprint density at radius 1 is 1.30 bits per heavy atom. The lowest BCUT2D eigenvalue weighted by atomic mass is 10.1. The van der Waals surface area contributed by atoms with Gasteiger partial charge in [-0.05, 0) is 37.6 Å². The van der Waals surface area contributed by atoms with Crippen molar-refractivity contribution in [2.24, 2.45) is 16.6 Å². The molecule has 0 aliphatic carbocycles. The van der Waals surface area contributed by atoms with Crippen LogP contribution in [-0.4, -0.2) is 31.5 Å². The van der Waals surface area contributed by atoms with E-state index in [2.05, 4.69) is 67.4 Å². The predicted octanol–water partition coefficient (Wildman–Crippen LogP) is 2.20. The molecule has 3 N–H and O–H groups in total. The number of hydrogen-bond donors (Lipinski definition) is 2. The van der Waals surface area contributed by atoms with Crippen LogP contribution in [0.1, 0.15) is 31.4 Å². The summed E-state index contributed by atoms with van der Waals surface area (Å²) in [6, 6.07) is 8.48. The molecule has 4 nitrogen and oxygen atoms in total. The Bertz CT molecular complexity index is 424. The Kier molecular flexibility index (Phi) is 7.09. The van der Waals surface area contributed by atoms with E-state index in [-0.39, 0.29) is 0 Å². The number of nitrogens with zero attached hydrogens (tertiary/aromatic N) is 2. The molecule has 0 aliphatic heterocycles. The average Bonchev–Trinajstić information content (AvgIpc) is 2.35. The minimum absolute atomic E-state index is 0.531. The van der Waals surface area contributed by atoms with Crippen molar-refractivity contribution in [3.63, 3.8) is 0 Å². The maximum Gasteiger partial charge on any atom is 0.188 e. The van der Waals surface area contributed by atoms with Crippen molar-refractivity contribution < 1.29 is 0 Å². The molecule has 20 heavy (non-hydrogen) atoms. The van der Waals surface area contributed by atoms with E-state index in [9.17, 15) is 0 Å². The molecule has 0 saturated carbocycles. The molecule has 0 atom stereocenters. The molecular formula is C16H28N4. The van der Waals surface area contributed by atoms with Crippen LogP contribution in [0.2, 0.25) is 0 Å². The topological polar surface area (TPSA) is 53.6 Å². The lowest BCUT2D eigenvalue weighted by Gasteiger charge is -2.10. The van der Waals surface area contributed by atoms with Gasteiger partial charge in [0.15, 0.2) is 5.96 Å². The van der Waals surface area contributed by atoms with Crippen LogP contribution in [0.4, 0.5) is 0 Å². The number of benzene rings is 1. The molecule has 0 unspecified atom stereocenters. The first-order chi connectivity index (χ1) is 9.47. The van der Waals surface area contributed by atoms with Crippen molar-refractivity contribution in [3.05, 3.63) is 35.4 Å². The van der Waals surface area contributed by atoms with Crippen molar-refractivity contribution in [3.8, 4) is 0 Å². The molecule has 0 spiro atoms. The van der Waals surface area contributed by atoms with Crippen LogP contribution in [0.5, 0.6) is 0 Å². The van der Waals surface area contributed by atoms with Gasteiger partial charge in [-0.15, -0.1) is 0 Å². The highest BCUT2D eigenvalue weighted by Gasteiger charge is 1.99. The molecule has 0 amide bonds. The summed E-state index contributed by atoms with van der Waals surface area (Å²) in [5.74, 6) is 1.21. The first kappa shape index (κ1) is 16.5. The van der Waals surface area contributed by atoms with E-state index in [0.717, 1.165) is 19.5 Å². The highest BCUT2D eigenvalue weighted by atomic mass is 15.1. The summed E-state index contributed by atoms with van der Waals surface area (Å²) in [7, 11) is 4.14. The number of aliphatic imine (C=N–C) groups is 1. The van der Waals surface area contributed by atoms with Crippen LogP contribution in [0.15, 0.2) is 29.3 Å². The second-order valence-electron chi connectivity index (χ2n) is 5.87. The fourth-order valence-corrected chi connectivity index (χ4v) is 1.91. The summed E-state index contributed by atoms with van der Waals surface area (Å²) in [5.41, 5.74) is 8.35. The summed E-state index contributed by atoms with van der Waals surface area (Å²) in [5, 5.41) is 3.15. The van der Waals surface area contributed by atoms with Gasteiger partial charge in [0.25, 0.3) is 0 Å². The minimum Gasteiger partial charge on any atom is -0.370 e. The van der Waals surface area contributed by atoms with Crippen LogP contribution in [-0.2, 0) is 13.1 Å². The second kappa shape index (κ2) is 8.59. The quantitative estimate of drug-likeness (QED) is 0.593. The fourth-order valence-electron chi connectivity index (χ4n) is 1.91. The Morgan fingerprint density at radius 3 is 2.65 bits per heavy atom. The zero-order valence-corrected chi connectivity index (χ0v) is 13.2. The van der Waals surface area contributed by atoms with Crippen molar-refractivity contribution in [2.45, 2.75) is 33.4 Å². The molecule has 1 aromatic carbocycles. The summed E-state index contributed by atoms with van der Waals surface area (Å²) >= 11 is 0. The van der Waals surface area contributed by atoms with Gasteiger partial charge in [0.2, 0.25) is 0 Å². The van der Waals surface area contributed by atoms with Crippen LogP contribution >= 0.6 is 0 Å². The second-order valence-corrected chi connectivity index (χ2v) is 5.87. The highest BCUT2D eigenvalue weighted by molar-refractivity contribution is 5.77. The number of nitrogens with two attached hydrogens (primary N) is 1. The molecule has 1 rings (SSSR count).